The summed E-state index contributed by atoms with van der Waals surface area (Å²) >= 11 is 0. The highest BCUT2D eigenvalue weighted by Crippen LogP contribution is 2.16. The molecule has 0 aromatic rings. The van der Waals surface area contributed by atoms with Gasteiger partial charge in [-0.15, -0.1) is 0 Å². The molecule has 0 radical (unpaired) electrons. The third-order valence-corrected chi connectivity index (χ3v) is 1.66. The lowest BCUT2D eigenvalue weighted by atomic mass is 9.97. The van der Waals surface area contributed by atoms with Gasteiger partial charge in [0, 0.05) is 0 Å². The maximum Gasteiger partial charge on any atom is 0.335 e. The van der Waals surface area contributed by atoms with Crippen molar-refractivity contribution >= 4 is 11.9 Å². The summed E-state index contributed by atoms with van der Waals surface area (Å²) in [6.45, 7) is 0. The normalized spacial score (nSPS) is 21.7. The van der Waals surface area contributed by atoms with Crippen LogP contribution in [0, 0.1) is 5.92 Å². The monoisotopic (exact) mass is 168 g/mol. The van der Waals surface area contributed by atoms with Gasteiger partial charge < -0.3 is 10.2 Å². The number of hydrogen-bond donors (Lipinski definition) is 2. The summed E-state index contributed by atoms with van der Waals surface area (Å²) in [4.78, 5) is 20.8. The first-order chi connectivity index (χ1) is 5.61. The molecular weight excluding hydrogens is 160 g/mol. The molecule has 4 heteroatoms. The minimum atomic E-state index is -1.02. The summed E-state index contributed by atoms with van der Waals surface area (Å²) in [7, 11) is 0. The number of carboxylic acid groups (broad SMARTS) is 2. The van der Waals surface area contributed by atoms with Crippen LogP contribution in [0.2, 0.25) is 0 Å². The first-order valence-electron chi connectivity index (χ1n) is 3.45. The van der Waals surface area contributed by atoms with Crippen LogP contribution in [0.15, 0.2) is 23.8 Å². The van der Waals surface area contributed by atoms with E-state index in [0.717, 1.165) is 0 Å². The highest BCUT2D eigenvalue weighted by Gasteiger charge is 2.17. The summed E-state index contributed by atoms with van der Waals surface area (Å²) in [5, 5.41) is 17.0. The molecule has 0 spiro atoms. The molecule has 0 saturated heterocycles. The van der Waals surface area contributed by atoms with Crippen molar-refractivity contribution in [1.82, 2.24) is 0 Å². The molecule has 0 unspecified atom stereocenters. The van der Waals surface area contributed by atoms with Crippen LogP contribution in [0.25, 0.3) is 0 Å². The van der Waals surface area contributed by atoms with E-state index in [1.165, 1.54) is 18.2 Å². The van der Waals surface area contributed by atoms with Gasteiger partial charge in [-0.1, -0.05) is 18.2 Å². The Morgan fingerprint density at radius 3 is 2.42 bits per heavy atom. The van der Waals surface area contributed by atoms with Crippen molar-refractivity contribution < 1.29 is 19.8 Å². The van der Waals surface area contributed by atoms with Gasteiger partial charge in [0.25, 0.3) is 0 Å². The fraction of sp³-hybridized carbons (Fsp3) is 0.250. The maximum atomic E-state index is 10.4. The summed E-state index contributed by atoms with van der Waals surface area (Å²) in [5.74, 6) is -2.52. The van der Waals surface area contributed by atoms with Gasteiger partial charge in [0.1, 0.15) is 0 Å². The van der Waals surface area contributed by atoms with E-state index in [2.05, 4.69) is 0 Å². The average Bonchev–Trinajstić information content (AvgIpc) is 2.04. The minimum Gasteiger partial charge on any atom is -0.481 e. The van der Waals surface area contributed by atoms with E-state index in [1.54, 1.807) is 0 Å². The third-order valence-electron chi connectivity index (χ3n) is 1.66. The summed E-state index contributed by atoms with van der Waals surface area (Å²) in [6, 6.07) is 0. The molecular formula is C8H8O4. The Balaban J connectivity index is 2.68. The van der Waals surface area contributed by atoms with Gasteiger partial charge in [-0.3, -0.25) is 4.79 Å². The van der Waals surface area contributed by atoms with Crippen molar-refractivity contribution in [3.05, 3.63) is 23.8 Å². The maximum absolute atomic E-state index is 10.4. The van der Waals surface area contributed by atoms with Gasteiger partial charge in [0.15, 0.2) is 0 Å². The van der Waals surface area contributed by atoms with Crippen LogP contribution in [0.1, 0.15) is 6.42 Å². The van der Waals surface area contributed by atoms with E-state index in [-0.39, 0.29) is 12.0 Å². The molecule has 0 amide bonds. The molecule has 2 N–H and O–H groups in total. The molecule has 12 heavy (non-hydrogen) atoms. The SMILES string of the molecule is O=C(O)C1=CC[C@H](C(=O)O)C=C1. The molecule has 0 aliphatic heterocycles. The second-order valence-electron chi connectivity index (χ2n) is 2.50. The third kappa shape index (κ3) is 1.72. The van der Waals surface area contributed by atoms with Gasteiger partial charge in [0.05, 0.1) is 11.5 Å². The highest BCUT2D eigenvalue weighted by atomic mass is 16.4. The van der Waals surface area contributed by atoms with Crippen molar-refractivity contribution in [3.63, 3.8) is 0 Å². The molecule has 1 aliphatic carbocycles. The van der Waals surface area contributed by atoms with Crippen LogP contribution in [-0.4, -0.2) is 22.2 Å². The molecule has 4 nitrogen and oxygen atoms in total. The van der Waals surface area contributed by atoms with Crippen molar-refractivity contribution in [1.29, 1.82) is 0 Å². The number of allylic oxidation sites excluding steroid dienone is 1. The molecule has 0 fully saturated rings. The molecule has 0 bridgehead atoms. The first-order valence-corrected chi connectivity index (χ1v) is 3.45. The topological polar surface area (TPSA) is 74.6 Å². The van der Waals surface area contributed by atoms with Crippen LogP contribution in [0.3, 0.4) is 0 Å². The lowest BCUT2D eigenvalue weighted by Crippen LogP contribution is -2.13. The molecule has 1 aliphatic rings. The summed E-state index contributed by atoms with van der Waals surface area (Å²) < 4.78 is 0. The second kappa shape index (κ2) is 3.21. The number of carbonyl (C=O) groups is 2. The van der Waals surface area contributed by atoms with Gasteiger partial charge in [-0.2, -0.15) is 0 Å². The largest absolute Gasteiger partial charge is 0.481 e. The Kier molecular flexibility index (Phi) is 2.28. The molecule has 0 aromatic carbocycles. The van der Waals surface area contributed by atoms with Crippen molar-refractivity contribution in [2.75, 3.05) is 0 Å². The molecule has 1 rings (SSSR count). The van der Waals surface area contributed by atoms with Crippen molar-refractivity contribution in [3.8, 4) is 0 Å². The predicted molar refractivity (Wildman–Crippen MR) is 40.6 cm³/mol. The lowest BCUT2D eigenvalue weighted by molar-refractivity contribution is -0.140. The van der Waals surface area contributed by atoms with E-state index in [1.807, 2.05) is 0 Å². The molecule has 0 aromatic heterocycles. The molecule has 64 valence electrons. The van der Waals surface area contributed by atoms with E-state index in [9.17, 15) is 9.59 Å². The Labute approximate surface area is 68.8 Å². The van der Waals surface area contributed by atoms with Crippen molar-refractivity contribution in [2.45, 2.75) is 6.42 Å². The van der Waals surface area contributed by atoms with E-state index >= 15 is 0 Å². The smallest absolute Gasteiger partial charge is 0.335 e. The zero-order valence-corrected chi connectivity index (χ0v) is 6.23. The van der Waals surface area contributed by atoms with Crippen LogP contribution < -0.4 is 0 Å². The van der Waals surface area contributed by atoms with E-state index in [4.69, 9.17) is 10.2 Å². The number of carboxylic acids is 2. The van der Waals surface area contributed by atoms with Gasteiger partial charge in [-0.05, 0) is 6.42 Å². The van der Waals surface area contributed by atoms with Gasteiger partial charge in [-0.25, -0.2) is 4.79 Å². The van der Waals surface area contributed by atoms with E-state index in [0.29, 0.717) is 0 Å². The fourth-order valence-electron chi connectivity index (χ4n) is 0.962. The standard InChI is InChI=1S/C8H8O4/c9-7(10)5-1-2-6(4-3-5)8(11)12/h1-3,6H,4H2,(H,9,10)(H,11,12)/t6-/m1/s1. The van der Waals surface area contributed by atoms with Crippen LogP contribution in [-0.2, 0) is 9.59 Å². The first kappa shape index (κ1) is 8.52. The zero-order valence-electron chi connectivity index (χ0n) is 6.23. The molecule has 0 saturated carbocycles. The van der Waals surface area contributed by atoms with Crippen LogP contribution >= 0.6 is 0 Å². The van der Waals surface area contributed by atoms with Crippen LogP contribution in [0.4, 0.5) is 0 Å². The number of hydrogen-bond acceptors (Lipinski definition) is 2. The Morgan fingerprint density at radius 2 is 2.08 bits per heavy atom. The number of aliphatic carboxylic acids is 2. The minimum absolute atomic E-state index is 0.160. The zero-order chi connectivity index (χ0) is 9.14. The quantitative estimate of drug-likeness (QED) is 0.635. The number of rotatable bonds is 2. The summed E-state index contributed by atoms with van der Waals surface area (Å²) in [6.07, 6.45) is 4.39. The summed E-state index contributed by atoms with van der Waals surface area (Å²) in [5.41, 5.74) is 0.160. The molecule has 0 heterocycles. The average molecular weight is 168 g/mol. The Morgan fingerprint density at radius 1 is 1.42 bits per heavy atom. The second-order valence-corrected chi connectivity index (χ2v) is 2.50. The van der Waals surface area contributed by atoms with Crippen molar-refractivity contribution in [2.24, 2.45) is 5.92 Å². The van der Waals surface area contributed by atoms with Gasteiger partial charge in [0.2, 0.25) is 0 Å². The van der Waals surface area contributed by atoms with Crippen LogP contribution in [0.5, 0.6) is 0 Å². The predicted octanol–water partition coefficient (Wildman–Crippen LogP) is 0.658. The lowest BCUT2D eigenvalue weighted by Gasteiger charge is -2.08. The Hall–Kier alpha value is -1.58. The Bertz CT molecular complexity index is 275. The molecule has 1 atom stereocenters. The highest BCUT2D eigenvalue weighted by molar-refractivity contribution is 5.90. The van der Waals surface area contributed by atoms with E-state index < -0.39 is 17.9 Å². The van der Waals surface area contributed by atoms with Gasteiger partial charge >= 0.3 is 11.9 Å². The fourth-order valence-corrected chi connectivity index (χ4v) is 0.962.